The minimum absolute atomic E-state index is 0.0307. The number of benzene rings is 2. The monoisotopic (exact) mass is 399 g/mol. The largest absolute Gasteiger partial charge is 0.345 e. The van der Waals surface area contributed by atoms with Crippen molar-refractivity contribution < 1.29 is 14.0 Å². The predicted molar refractivity (Wildman–Crippen MR) is 104 cm³/mol. The van der Waals surface area contributed by atoms with E-state index in [-0.39, 0.29) is 23.8 Å². The molecule has 28 heavy (non-hydrogen) atoms. The standard InChI is InChI=1S/C19H18FN5O2S/c1-25-16(11-21-18(27)14-9-5-6-10-15(14)20)23-24-19(25)28-12-17(26)22-13-7-3-2-4-8-13/h2-10H,11-12H2,1H3,(H,21,27)(H,22,26). The fraction of sp³-hybridized carbons (Fsp3) is 0.158. The van der Waals surface area contributed by atoms with Crippen LogP contribution in [0.25, 0.3) is 0 Å². The Morgan fingerprint density at radius 1 is 1.07 bits per heavy atom. The van der Waals surface area contributed by atoms with Crippen molar-refractivity contribution >= 4 is 29.3 Å². The van der Waals surface area contributed by atoms with Gasteiger partial charge in [-0.25, -0.2) is 4.39 Å². The minimum atomic E-state index is -0.585. The summed E-state index contributed by atoms with van der Waals surface area (Å²) < 4.78 is 15.3. The van der Waals surface area contributed by atoms with Gasteiger partial charge >= 0.3 is 0 Å². The van der Waals surface area contributed by atoms with Gasteiger partial charge in [0, 0.05) is 12.7 Å². The summed E-state index contributed by atoms with van der Waals surface area (Å²) in [5.74, 6) is -0.608. The third-order valence-electron chi connectivity index (χ3n) is 3.84. The molecule has 1 aromatic heterocycles. The Morgan fingerprint density at radius 2 is 1.79 bits per heavy atom. The average molecular weight is 399 g/mol. The summed E-state index contributed by atoms with van der Waals surface area (Å²) >= 11 is 1.23. The van der Waals surface area contributed by atoms with Gasteiger partial charge in [-0.15, -0.1) is 10.2 Å². The molecule has 3 aromatic rings. The number of thioether (sulfide) groups is 1. The van der Waals surface area contributed by atoms with E-state index < -0.39 is 11.7 Å². The topological polar surface area (TPSA) is 88.9 Å². The van der Waals surface area contributed by atoms with Crippen molar-refractivity contribution in [1.29, 1.82) is 0 Å². The lowest BCUT2D eigenvalue weighted by Crippen LogP contribution is -2.25. The number of halogens is 1. The minimum Gasteiger partial charge on any atom is -0.345 e. The molecule has 0 unspecified atom stereocenters. The van der Waals surface area contributed by atoms with Crippen molar-refractivity contribution in [3.63, 3.8) is 0 Å². The van der Waals surface area contributed by atoms with Gasteiger partial charge < -0.3 is 15.2 Å². The van der Waals surface area contributed by atoms with E-state index >= 15 is 0 Å². The average Bonchev–Trinajstić information content (AvgIpc) is 3.05. The van der Waals surface area contributed by atoms with E-state index in [2.05, 4.69) is 20.8 Å². The van der Waals surface area contributed by atoms with E-state index in [1.807, 2.05) is 18.2 Å². The molecule has 2 amide bonds. The lowest BCUT2D eigenvalue weighted by atomic mass is 10.2. The Balaban J connectivity index is 1.53. The Bertz CT molecular complexity index is 977. The highest BCUT2D eigenvalue weighted by molar-refractivity contribution is 7.99. The first-order chi connectivity index (χ1) is 13.5. The van der Waals surface area contributed by atoms with Crippen LogP contribution in [0, 0.1) is 5.82 Å². The molecule has 0 saturated heterocycles. The third-order valence-corrected chi connectivity index (χ3v) is 4.86. The molecular weight excluding hydrogens is 381 g/mol. The Hall–Kier alpha value is -3.20. The van der Waals surface area contributed by atoms with Crippen LogP contribution in [0.15, 0.2) is 59.8 Å². The number of nitrogens with one attached hydrogen (secondary N) is 2. The number of anilines is 1. The molecule has 0 saturated carbocycles. The smallest absolute Gasteiger partial charge is 0.254 e. The van der Waals surface area contributed by atoms with Crippen molar-refractivity contribution in [3.05, 3.63) is 71.8 Å². The zero-order chi connectivity index (χ0) is 19.9. The van der Waals surface area contributed by atoms with Gasteiger partial charge in [0.2, 0.25) is 5.91 Å². The van der Waals surface area contributed by atoms with Gasteiger partial charge in [0.25, 0.3) is 5.91 Å². The van der Waals surface area contributed by atoms with Crippen molar-refractivity contribution in [3.8, 4) is 0 Å². The maximum atomic E-state index is 13.6. The maximum absolute atomic E-state index is 13.6. The lowest BCUT2D eigenvalue weighted by molar-refractivity contribution is -0.113. The van der Waals surface area contributed by atoms with E-state index in [1.54, 1.807) is 29.8 Å². The van der Waals surface area contributed by atoms with Crippen LogP contribution in [0.4, 0.5) is 10.1 Å². The first kappa shape index (κ1) is 19.6. The van der Waals surface area contributed by atoms with Crippen LogP contribution in [0.3, 0.4) is 0 Å². The number of rotatable bonds is 7. The molecule has 0 bridgehead atoms. The normalized spacial score (nSPS) is 10.5. The molecule has 0 aliphatic carbocycles. The second-order valence-electron chi connectivity index (χ2n) is 5.82. The van der Waals surface area contributed by atoms with Crippen LogP contribution in [0.2, 0.25) is 0 Å². The molecular formula is C19H18FN5O2S. The van der Waals surface area contributed by atoms with Gasteiger partial charge in [0.1, 0.15) is 5.82 Å². The van der Waals surface area contributed by atoms with Crippen molar-refractivity contribution in [1.82, 2.24) is 20.1 Å². The van der Waals surface area contributed by atoms with Crippen LogP contribution in [-0.2, 0) is 18.4 Å². The SMILES string of the molecule is Cn1c(CNC(=O)c2ccccc2F)nnc1SCC(=O)Nc1ccccc1. The fourth-order valence-electron chi connectivity index (χ4n) is 2.37. The van der Waals surface area contributed by atoms with Crippen molar-refractivity contribution in [2.45, 2.75) is 11.7 Å². The van der Waals surface area contributed by atoms with E-state index in [9.17, 15) is 14.0 Å². The van der Waals surface area contributed by atoms with Crippen LogP contribution < -0.4 is 10.6 Å². The summed E-state index contributed by atoms with van der Waals surface area (Å²) in [4.78, 5) is 24.1. The number of hydrogen-bond donors (Lipinski definition) is 2. The summed E-state index contributed by atoms with van der Waals surface area (Å²) in [6.45, 7) is 0.0907. The number of nitrogens with zero attached hydrogens (tertiary/aromatic N) is 3. The molecule has 0 fully saturated rings. The molecule has 144 valence electrons. The zero-order valence-electron chi connectivity index (χ0n) is 15.1. The summed E-state index contributed by atoms with van der Waals surface area (Å²) in [5, 5.41) is 14.0. The maximum Gasteiger partial charge on any atom is 0.254 e. The number of hydrogen-bond acceptors (Lipinski definition) is 5. The predicted octanol–water partition coefficient (Wildman–Crippen LogP) is 2.62. The number of aromatic nitrogens is 3. The Kier molecular flexibility index (Phi) is 6.38. The summed E-state index contributed by atoms with van der Waals surface area (Å²) in [5.41, 5.74) is 0.694. The number of amides is 2. The highest BCUT2D eigenvalue weighted by Crippen LogP contribution is 2.16. The Morgan fingerprint density at radius 3 is 2.54 bits per heavy atom. The quantitative estimate of drug-likeness (QED) is 0.596. The molecule has 0 spiro atoms. The molecule has 7 nitrogen and oxygen atoms in total. The number of carbonyl (C=O) groups excluding carboxylic acids is 2. The summed E-state index contributed by atoms with van der Waals surface area (Å²) in [6, 6.07) is 14.9. The molecule has 1 heterocycles. The molecule has 9 heteroatoms. The first-order valence-corrected chi connectivity index (χ1v) is 9.42. The second-order valence-corrected chi connectivity index (χ2v) is 6.77. The molecule has 0 aliphatic heterocycles. The highest BCUT2D eigenvalue weighted by atomic mass is 32.2. The van der Waals surface area contributed by atoms with Crippen molar-refractivity contribution in [2.75, 3.05) is 11.1 Å². The molecule has 2 N–H and O–H groups in total. The van der Waals surface area contributed by atoms with Gasteiger partial charge in [0.05, 0.1) is 17.9 Å². The van der Waals surface area contributed by atoms with Gasteiger partial charge in [0.15, 0.2) is 11.0 Å². The van der Waals surface area contributed by atoms with Gasteiger partial charge in [-0.3, -0.25) is 9.59 Å². The number of para-hydroxylation sites is 1. The van der Waals surface area contributed by atoms with E-state index in [4.69, 9.17) is 0 Å². The van der Waals surface area contributed by atoms with Crippen LogP contribution >= 0.6 is 11.8 Å². The fourth-order valence-corrected chi connectivity index (χ4v) is 3.10. The lowest BCUT2D eigenvalue weighted by Gasteiger charge is -2.07. The van der Waals surface area contributed by atoms with Gasteiger partial charge in [-0.05, 0) is 24.3 Å². The van der Waals surface area contributed by atoms with Crippen LogP contribution in [0.5, 0.6) is 0 Å². The zero-order valence-corrected chi connectivity index (χ0v) is 15.9. The third kappa shape index (κ3) is 4.95. The van der Waals surface area contributed by atoms with Crippen LogP contribution in [0.1, 0.15) is 16.2 Å². The molecule has 2 aromatic carbocycles. The van der Waals surface area contributed by atoms with Crippen LogP contribution in [-0.4, -0.2) is 32.3 Å². The van der Waals surface area contributed by atoms with E-state index in [1.165, 1.54) is 30.0 Å². The van der Waals surface area contributed by atoms with Gasteiger partial charge in [-0.2, -0.15) is 0 Å². The number of carbonyl (C=O) groups is 2. The summed E-state index contributed by atoms with van der Waals surface area (Å²) in [7, 11) is 1.74. The molecule has 0 atom stereocenters. The first-order valence-electron chi connectivity index (χ1n) is 8.43. The van der Waals surface area contributed by atoms with E-state index in [0.717, 1.165) is 5.69 Å². The molecule has 0 aliphatic rings. The Labute approximate surface area is 165 Å². The van der Waals surface area contributed by atoms with Gasteiger partial charge in [-0.1, -0.05) is 42.1 Å². The van der Waals surface area contributed by atoms with E-state index in [0.29, 0.717) is 11.0 Å². The second kappa shape index (κ2) is 9.14. The van der Waals surface area contributed by atoms with Crippen molar-refractivity contribution in [2.24, 2.45) is 7.05 Å². The molecule has 0 radical (unpaired) electrons. The summed E-state index contributed by atoms with van der Waals surface area (Å²) in [6.07, 6.45) is 0. The molecule has 3 rings (SSSR count). The highest BCUT2D eigenvalue weighted by Gasteiger charge is 2.14.